The number of nitrogens with one attached hydrogen (secondary N) is 3. The van der Waals surface area contributed by atoms with E-state index >= 15 is 0 Å². The molecular formula is C30H29FN4O5S. The molecule has 0 spiro atoms. The summed E-state index contributed by atoms with van der Waals surface area (Å²) in [6, 6.07) is 19.8. The number of thiocarbonyl (C=S) groups is 1. The van der Waals surface area contributed by atoms with E-state index in [-0.39, 0.29) is 25.6 Å². The molecule has 212 valence electrons. The normalized spacial score (nSPS) is 14.7. The van der Waals surface area contributed by atoms with Gasteiger partial charge in [-0.1, -0.05) is 48.5 Å². The SMILES string of the molecule is CCOC(=O)C1=C(C)NC(=S)N[C@H]1c1ccccc1OCC(=O)NN=Cc1cccc(OCc2ccccc2F)c1. The van der Waals surface area contributed by atoms with Crippen LogP contribution in [0.15, 0.2) is 89.2 Å². The van der Waals surface area contributed by atoms with Crippen LogP contribution in [0, 0.1) is 5.82 Å². The minimum atomic E-state index is -0.632. The number of carbonyl (C=O) groups excluding carboxylic acids is 2. The summed E-state index contributed by atoms with van der Waals surface area (Å²) < 4.78 is 30.5. The molecule has 1 heterocycles. The van der Waals surface area contributed by atoms with Gasteiger partial charge in [0.2, 0.25) is 0 Å². The van der Waals surface area contributed by atoms with Gasteiger partial charge in [0, 0.05) is 16.8 Å². The molecule has 1 aliphatic rings. The molecule has 11 heteroatoms. The largest absolute Gasteiger partial charge is 0.489 e. The number of allylic oxidation sites excluding steroid dienone is 1. The highest BCUT2D eigenvalue weighted by Crippen LogP contribution is 2.33. The summed E-state index contributed by atoms with van der Waals surface area (Å²) in [6.45, 7) is 3.45. The fraction of sp³-hybridized carbons (Fsp3) is 0.200. The molecular weight excluding hydrogens is 547 g/mol. The smallest absolute Gasteiger partial charge is 0.338 e. The van der Waals surface area contributed by atoms with Crippen molar-refractivity contribution in [1.29, 1.82) is 0 Å². The summed E-state index contributed by atoms with van der Waals surface area (Å²) in [5.74, 6) is -0.390. The zero-order valence-corrected chi connectivity index (χ0v) is 23.3. The van der Waals surface area contributed by atoms with E-state index in [2.05, 4.69) is 21.2 Å². The molecule has 0 aliphatic carbocycles. The topological polar surface area (TPSA) is 110 Å². The van der Waals surface area contributed by atoms with Crippen LogP contribution in [0.1, 0.15) is 36.6 Å². The fourth-order valence-corrected chi connectivity index (χ4v) is 4.34. The summed E-state index contributed by atoms with van der Waals surface area (Å²) >= 11 is 5.30. The lowest BCUT2D eigenvalue weighted by Crippen LogP contribution is -2.45. The Morgan fingerprint density at radius 2 is 1.85 bits per heavy atom. The molecule has 3 aromatic rings. The maximum absolute atomic E-state index is 13.8. The van der Waals surface area contributed by atoms with Crippen LogP contribution in [0.5, 0.6) is 11.5 Å². The number of ether oxygens (including phenoxy) is 3. The van der Waals surface area contributed by atoms with E-state index in [0.717, 1.165) is 0 Å². The summed E-state index contributed by atoms with van der Waals surface area (Å²) in [6.07, 6.45) is 1.46. The van der Waals surface area contributed by atoms with Crippen molar-refractivity contribution in [3.05, 3.63) is 107 Å². The maximum atomic E-state index is 13.8. The van der Waals surface area contributed by atoms with Gasteiger partial charge in [0.15, 0.2) is 11.7 Å². The highest BCUT2D eigenvalue weighted by Gasteiger charge is 2.32. The molecule has 0 unspecified atom stereocenters. The second-order valence-corrected chi connectivity index (χ2v) is 9.27. The Balaban J connectivity index is 1.36. The molecule has 4 rings (SSSR count). The summed E-state index contributed by atoms with van der Waals surface area (Å²) in [7, 11) is 0. The molecule has 0 aromatic heterocycles. The zero-order chi connectivity index (χ0) is 29.2. The molecule has 1 amide bonds. The van der Waals surface area contributed by atoms with Crippen molar-refractivity contribution in [1.82, 2.24) is 16.1 Å². The molecule has 3 aromatic carbocycles. The van der Waals surface area contributed by atoms with Crippen molar-refractivity contribution >= 4 is 35.4 Å². The first-order valence-corrected chi connectivity index (χ1v) is 13.2. The van der Waals surface area contributed by atoms with Gasteiger partial charge in [-0.3, -0.25) is 4.79 Å². The number of carbonyl (C=O) groups is 2. The molecule has 0 bridgehead atoms. The number of halogens is 1. The van der Waals surface area contributed by atoms with E-state index in [9.17, 15) is 14.0 Å². The summed E-state index contributed by atoms with van der Waals surface area (Å²) in [4.78, 5) is 25.2. The van der Waals surface area contributed by atoms with Crippen LogP contribution in [0.25, 0.3) is 0 Å². The van der Waals surface area contributed by atoms with Gasteiger partial charge in [-0.2, -0.15) is 5.10 Å². The molecule has 1 aliphatic heterocycles. The van der Waals surface area contributed by atoms with Gasteiger partial charge in [-0.15, -0.1) is 0 Å². The third-order valence-corrected chi connectivity index (χ3v) is 6.19. The molecule has 0 saturated carbocycles. The van der Waals surface area contributed by atoms with Crippen LogP contribution >= 0.6 is 12.2 Å². The van der Waals surface area contributed by atoms with Crippen molar-refractivity contribution in [3.63, 3.8) is 0 Å². The van der Waals surface area contributed by atoms with Gasteiger partial charge in [-0.25, -0.2) is 14.6 Å². The first kappa shape index (κ1) is 29.2. The first-order chi connectivity index (χ1) is 19.9. The number of hydrogen-bond donors (Lipinski definition) is 3. The molecule has 0 fully saturated rings. The van der Waals surface area contributed by atoms with E-state index in [4.69, 9.17) is 26.4 Å². The monoisotopic (exact) mass is 576 g/mol. The number of hydrazone groups is 1. The predicted molar refractivity (Wildman–Crippen MR) is 156 cm³/mol. The number of nitrogens with zero attached hydrogens (tertiary/aromatic N) is 1. The van der Waals surface area contributed by atoms with Gasteiger partial charge < -0.3 is 24.8 Å². The summed E-state index contributed by atoms with van der Waals surface area (Å²) in [5, 5.41) is 10.4. The van der Waals surface area contributed by atoms with Crippen molar-refractivity contribution in [3.8, 4) is 11.5 Å². The first-order valence-electron chi connectivity index (χ1n) is 12.8. The van der Waals surface area contributed by atoms with Gasteiger partial charge in [0.05, 0.1) is 24.4 Å². The highest BCUT2D eigenvalue weighted by atomic mass is 32.1. The van der Waals surface area contributed by atoms with Gasteiger partial charge in [0.25, 0.3) is 5.91 Å². The van der Waals surface area contributed by atoms with Crippen LogP contribution in [0.4, 0.5) is 4.39 Å². The summed E-state index contributed by atoms with van der Waals surface area (Å²) in [5.41, 5.74) is 5.10. The quantitative estimate of drug-likeness (QED) is 0.134. The van der Waals surface area contributed by atoms with Crippen LogP contribution in [-0.4, -0.2) is 36.4 Å². The van der Waals surface area contributed by atoms with Crippen LogP contribution in [-0.2, 0) is 20.9 Å². The van der Waals surface area contributed by atoms with E-state index in [1.165, 1.54) is 12.3 Å². The number of hydrogen-bond acceptors (Lipinski definition) is 7. The lowest BCUT2D eigenvalue weighted by Gasteiger charge is -2.30. The second-order valence-electron chi connectivity index (χ2n) is 8.86. The number of rotatable bonds is 11. The maximum Gasteiger partial charge on any atom is 0.338 e. The molecule has 9 nitrogen and oxygen atoms in total. The average Bonchev–Trinajstić information content (AvgIpc) is 2.96. The fourth-order valence-electron chi connectivity index (χ4n) is 4.07. The van der Waals surface area contributed by atoms with Crippen molar-refractivity contribution in [2.45, 2.75) is 26.5 Å². The Morgan fingerprint density at radius 3 is 2.66 bits per heavy atom. The number of esters is 1. The Bertz CT molecular complexity index is 1490. The number of benzene rings is 3. The van der Waals surface area contributed by atoms with Crippen molar-refractivity contribution < 1.29 is 28.2 Å². The lowest BCUT2D eigenvalue weighted by molar-refractivity contribution is -0.139. The minimum Gasteiger partial charge on any atom is -0.489 e. The third kappa shape index (κ3) is 7.89. The van der Waals surface area contributed by atoms with Gasteiger partial charge in [-0.05, 0) is 55.9 Å². The van der Waals surface area contributed by atoms with Crippen molar-refractivity contribution in [2.24, 2.45) is 5.10 Å². The lowest BCUT2D eigenvalue weighted by atomic mass is 9.95. The second kappa shape index (κ2) is 14.0. The zero-order valence-electron chi connectivity index (χ0n) is 22.5. The van der Waals surface area contributed by atoms with Gasteiger partial charge in [0.1, 0.15) is 23.9 Å². The molecule has 0 saturated heterocycles. The Kier molecular flexibility index (Phi) is 10.0. The van der Waals surface area contributed by atoms with Gasteiger partial charge >= 0.3 is 5.97 Å². The Labute approximate surface area is 242 Å². The molecule has 0 radical (unpaired) electrons. The van der Waals surface area contributed by atoms with E-state index in [1.54, 1.807) is 80.6 Å². The standard InChI is InChI=1S/C30H29FN4O5S/c1-3-38-29(37)27-19(2)33-30(41)34-28(27)23-12-5-7-14-25(23)40-18-26(36)35-32-16-20-9-8-11-22(15-20)39-17-21-10-4-6-13-24(21)31/h4-16,28H,3,17-18H2,1-2H3,(H,35,36)(H2,33,34,41)/t28-/m0/s1. The molecule has 1 atom stereocenters. The Morgan fingerprint density at radius 1 is 1.07 bits per heavy atom. The van der Waals surface area contributed by atoms with Crippen molar-refractivity contribution in [2.75, 3.05) is 13.2 Å². The third-order valence-electron chi connectivity index (χ3n) is 5.97. The van der Waals surface area contributed by atoms with E-state index < -0.39 is 17.9 Å². The Hall–Kier alpha value is -4.77. The van der Waals surface area contributed by atoms with Crippen LogP contribution < -0.4 is 25.5 Å². The highest BCUT2D eigenvalue weighted by molar-refractivity contribution is 7.80. The average molecular weight is 577 g/mol. The molecule has 3 N–H and O–H groups in total. The van der Waals surface area contributed by atoms with E-state index in [1.807, 2.05) is 0 Å². The molecule has 41 heavy (non-hydrogen) atoms. The number of para-hydroxylation sites is 1. The van der Waals surface area contributed by atoms with Crippen LogP contribution in [0.2, 0.25) is 0 Å². The predicted octanol–water partition coefficient (Wildman–Crippen LogP) is 4.29. The minimum absolute atomic E-state index is 0.0815. The van der Waals surface area contributed by atoms with Crippen LogP contribution in [0.3, 0.4) is 0 Å². The van der Waals surface area contributed by atoms with E-state index in [0.29, 0.717) is 44.6 Å². The number of amides is 1.